The molecular weight excluding hydrogens is 264 g/mol. The van der Waals surface area contributed by atoms with Crippen molar-refractivity contribution in [2.45, 2.75) is 28.2 Å². The quantitative estimate of drug-likeness (QED) is 0.929. The third kappa shape index (κ3) is 7.25. The topological polar surface area (TPSA) is 41.6 Å². The largest absolute Gasteiger partial charge is 0.379 e. The number of carbonyl (C=O) groups is 1. The molecule has 2 rings (SSSR count). The summed E-state index contributed by atoms with van der Waals surface area (Å²) in [6, 6.07) is 7.63. The Kier molecular flexibility index (Phi) is 10.5. The van der Waals surface area contributed by atoms with E-state index in [0.29, 0.717) is 6.54 Å². The van der Waals surface area contributed by atoms with Crippen LogP contribution in [0.1, 0.15) is 38.6 Å². The molecule has 21 heavy (non-hydrogen) atoms. The van der Waals surface area contributed by atoms with E-state index >= 15 is 0 Å². The van der Waals surface area contributed by atoms with Crippen LogP contribution in [0, 0.1) is 6.92 Å². The first-order valence-electron chi connectivity index (χ1n) is 7.41. The van der Waals surface area contributed by atoms with Gasteiger partial charge in [0.15, 0.2) is 0 Å². The molecule has 1 aromatic carbocycles. The van der Waals surface area contributed by atoms with Gasteiger partial charge >= 0.3 is 0 Å². The number of morpholine rings is 1. The van der Waals surface area contributed by atoms with E-state index in [2.05, 4.69) is 10.2 Å². The minimum Gasteiger partial charge on any atom is -0.379 e. The summed E-state index contributed by atoms with van der Waals surface area (Å²) in [5.41, 5.74) is 1.89. The van der Waals surface area contributed by atoms with Crippen LogP contribution in [-0.2, 0) is 4.74 Å². The van der Waals surface area contributed by atoms with Gasteiger partial charge in [0.2, 0.25) is 0 Å². The Balaban J connectivity index is 0. The molecule has 0 radical (unpaired) electrons. The first-order chi connectivity index (χ1) is 9.75. The van der Waals surface area contributed by atoms with Crippen molar-refractivity contribution >= 4 is 5.91 Å². The van der Waals surface area contributed by atoms with Gasteiger partial charge in [0.1, 0.15) is 0 Å². The Morgan fingerprint density at radius 1 is 1.24 bits per heavy atom. The second-order valence-electron chi connectivity index (χ2n) is 4.58. The molecule has 0 atom stereocenters. The summed E-state index contributed by atoms with van der Waals surface area (Å²) in [4.78, 5) is 14.1. The van der Waals surface area contributed by atoms with Crippen LogP contribution in [0.4, 0.5) is 0 Å². The van der Waals surface area contributed by atoms with Crippen LogP contribution in [0.2, 0.25) is 0 Å². The predicted molar refractivity (Wildman–Crippen MR) is 91.0 cm³/mol. The molecule has 0 spiro atoms. The van der Waals surface area contributed by atoms with Gasteiger partial charge < -0.3 is 10.1 Å². The predicted octanol–water partition coefficient (Wildman–Crippen LogP) is 2.97. The number of amides is 1. The van der Waals surface area contributed by atoms with E-state index in [1.807, 2.05) is 45.0 Å². The first kappa shape index (κ1) is 19.6. The van der Waals surface area contributed by atoms with E-state index in [-0.39, 0.29) is 14.8 Å². The van der Waals surface area contributed by atoms with Gasteiger partial charge in [0.05, 0.1) is 13.2 Å². The summed E-state index contributed by atoms with van der Waals surface area (Å²) in [5, 5.41) is 2.94. The summed E-state index contributed by atoms with van der Waals surface area (Å²) in [7, 11) is 0. The Labute approximate surface area is 131 Å². The fraction of sp³-hybridized carbons (Fsp3) is 0.588. The van der Waals surface area contributed by atoms with E-state index in [9.17, 15) is 4.79 Å². The molecule has 0 unspecified atom stereocenters. The maximum absolute atomic E-state index is 11.8. The smallest absolute Gasteiger partial charge is 0.251 e. The Hall–Kier alpha value is -1.39. The lowest BCUT2D eigenvalue weighted by molar-refractivity contribution is 0.0383. The third-order valence-electron chi connectivity index (χ3n) is 3.13. The van der Waals surface area contributed by atoms with Crippen LogP contribution < -0.4 is 5.32 Å². The minimum absolute atomic E-state index is 0. The highest BCUT2D eigenvalue weighted by atomic mass is 16.5. The van der Waals surface area contributed by atoms with E-state index in [1.165, 1.54) is 5.56 Å². The second kappa shape index (κ2) is 11.3. The Morgan fingerprint density at radius 2 is 1.81 bits per heavy atom. The summed E-state index contributed by atoms with van der Waals surface area (Å²) < 4.78 is 5.28. The molecule has 0 saturated carbocycles. The van der Waals surface area contributed by atoms with E-state index in [1.54, 1.807) is 0 Å². The summed E-state index contributed by atoms with van der Waals surface area (Å²) in [6.07, 6.45) is 0. The molecule has 1 amide bonds. The highest BCUT2D eigenvalue weighted by Crippen LogP contribution is 2.02. The van der Waals surface area contributed by atoms with Crippen molar-refractivity contribution < 1.29 is 11.0 Å². The van der Waals surface area contributed by atoms with Crippen molar-refractivity contribution in [3.63, 3.8) is 0 Å². The molecule has 1 heterocycles. The molecule has 122 valence electrons. The molecule has 0 aromatic heterocycles. The van der Waals surface area contributed by atoms with Crippen molar-refractivity contribution in [3.8, 4) is 0 Å². The first-order valence-corrected chi connectivity index (χ1v) is 7.41. The highest BCUT2D eigenvalue weighted by molar-refractivity contribution is 5.94. The monoisotopic (exact) mass is 296 g/mol. The second-order valence-corrected chi connectivity index (χ2v) is 4.58. The number of hydrogen-bond acceptors (Lipinski definition) is 3. The molecule has 4 nitrogen and oxygen atoms in total. The molecule has 1 saturated heterocycles. The van der Waals surface area contributed by atoms with E-state index < -0.39 is 0 Å². The Bertz CT molecular complexity index is 390. The van der Waals surface area contributed by atoms with Crippen molar-refractivity contribution in [2.75, 3.05) is 39.4 Å². The zero-order valence-electron chi connectivity index (χ0n) is 12.8. The van der Waals surface area contributed by atoms with Gasteiger partial charge in [-0.15, -0.1) is 0 Å². The van der Waals surface area contributed by atoms with Crippen LogP contribution in [0.3, 0.4) is 0 Å². The number of aryl methyl sites for hydroxylation is 1. The average molecular weight is 296 g/mol. The van der Waals surface area contributed by atoms with Crippen molar-refractivity contribution in [3.05, 3.63) is 35.4 Å². The lowest BCUT2D eigenvalue weighted by atomic mass is 10.1. The van der Waals surface area contributed by atoms with Gasteiger partial charge in [-0.2, -0.15) is 0 Å². The maximum Gasteiger partial charge on any atom is 0.251 e. The average Bonchev–Trinajstić information content (AvgIpc) is 2.51. The van der Waals surface area contributed by atoms with E-state index in [4.69, 9.17) is 4.74 Å². The zero-order chi connectivity index (χ0) is 14.8. The molecule has 4 heteroatoms. The number of ether oxygens (including phenoxy) is 1. The molecule has 1 aliphatic rings. The number of rotatable bonds is 4. The lowest BCUT2D eigenvalue weighted by Crippen LogP contribution is -2.41. The molecule has 1 aliphatic heterocycles. The van der Waals surface area contributed by atoms with Crippen molar-refractivity contribution in [1.82, 2.24) is 10.2 Å². The third-order valence-corrected chi connectivity index (χ3v) is 3.13. The summed E-state index contributed by atoms with van der Waals surface area (Å²) >= 11 is 0. The molecule has 0 bridgehead atoms. The molecular formula is C17H32N2O2. The van der Waals surface area contributed by atoms with Gasteiger partial charge in [0.25, 0.3) is 5.91 Å². The minimum atomic E-state index is 0. The van der Waals surface area contributed by atoms with Gasteiger partial charge in [-0.05, 0) is 19.1 Å². The van der Waals surface area contributed by atoms with Crippen LogP contribution >= 0.6 is 0 Å². The van der Waals surface area contributed by atoms with Crippen LogP contribution in [0.5, 0.6) is 0 Å². The number of carbonyl (C=O) groups excluding carboxylic acids is 1. The van der Waals surface area contributed by atoms with Crippen molar-refractivity contribution in [1.29, 1.82) is 0 Å². The number of hydrogen-bond donors (Lipinski definition) is 1. The van der Waals surface area contributed by atoms with Gasteiger partial charge in [0, 0.05) is 33.2 Å². The standard InChI is InChI=1S/C14H20N2O2.C2H6.CH4.H2/c1-12-2-4-13(5-3-12)14(17)15-6-7-16-8-10-18-11-9-16;1-2;;/h2-5H,6-11H2,1H3,(H,15,17);1-2H3;1H4;1H. The molecule has 0 aliphatic carbocycles. The van der Waals surface area contributed by atoms with Crippen LogP contribution in [0.15, 0.2) is 24.3 Å². The van der Waals surface area contributed by atoms with Gasteiger partial charge in [-0.3, -0.25) is 9.69 Å². The normalized spacial score (nSPS) is 14.4. The zero-order valence-corrected chi connectivity index (χ0v) is 12.8. The molecule has 1 N–H and O–H groups in total. The summed E-state index contributed by atoms with van der Waals surface area (Å²) in [6.45, 7) is 11.1. The summed E-state index contributed by atoms with van der Waals surface area (Å²) in [5.74, 6) is 0.00302. The molecule has 1 aromatic rings. The maximum atomic E-state index is 11.8. The fourth-order valence-corrected chi connectivity index (χ4v) is 1.96. The van der Waals surface area contributed by atoms with Crippen molar-refractivity contribution in [2.24, 2.45) is 0 Å². The number of nitrogens with zero attached hydrogens (tertiary/aromatic N) is 1. The molecule has 1 fully saturated rings. The van der Waals surface area contributed by atoms with Crippen LogP contribution in [-0.4, -0.2) is 50.2 Å². The number of benzene rings is 1. The van der Waals surface area contributed by atoms with Gasteiger partial charge in [-0.1, -0.05) is 39.0 Å². The van der Waals surface area contributed by atoms with Gasteiger partial charge in [-0.25, -0.2) is 0 Å². The van der Waals surface area contributed by atoms with E-state index in [0.717, 1.165) is 38.4 Å². The lowest BCUT2D eigenvalue weighted by Gasteiger charge is -2.26. The Morgan fingerprint density at radius 3 is 2.38 bits per heavy atom. The number of nitrogens with one attached hydrogen (secondary N) is 1. The van der Waals surface area contributed by atoms with Crippen LogP contribution in [0.25, 0.3) is 0 Å². The SMILES string of the molecule is C.CC.Cc1ccc(C(=O)NCCN2CCOCC2)cc1.[HH]. The fourth-order valence-electron chi connectivity index (χ4n) is 1.96. The highest BCUT2D eigenvalue weighted by Gasteiger charge is 2.10.